The molecular weight excluding hydrogens is 329 g/mol. The number of hydrogen-bond acceptors (Lipinski definition) is 3. The van der Waals surface area contributed by atoms with E-state index in [1.165, 1.54) is 0 Å². The Kier molecular flexibility index (Phi) is 3.90. The second kappa shape index (κ2) is 5.08. The van der Waals surface area contributed by atoms with Crippen molar-refractivity contribution < 1.29 is 4.79 Å². The Bertz CT molecular complexity index is 446. The molecule has 0 aromatic carbocycles. The maximum Gasteiger partial charge on any atom is 0.227 e. The molecule has 1 fully saturated rings. The topological polar surface area (TPSA) is 46.1 Å². The zero-order chi connectivity index (χ0) is 12.6. The fourth-order valence-electron chi connectivity index (χ4n) is 1.82. The molecule has 1 amide bonds. The van der Waals surface area contributed by atoms with Gasteiger partial charge in [-0.1, -0.05) is 39.1 Å². The molecule has 1 aliphatic heterocycles. The van der Waals surface area contributed by atoms with Crippen LogP contribution in [0.3, 0.4) is 0 Å². The number of nitrogens with zero attached hydrogens (tertiary/aromatic N) is 3. The van der Waals surface area contributed by atoms with E-state index in [9.17, 15) is 4.79 Å². The molecule has 1 aliphatic rings. The van der Waals surface area contributed by atoms with Crippen molar-refractivity contribution in [2.45, 2.75) is 13.3 Å². The number of halogens is 3. The van der Waals surface area contributed by atoms with E-state index in [1.807, 2.05) is 0 Å². The number of aromatic nitrogens is 2. The van der Waals surface area contributed by atoms with E-state index in [2.05, 4.69) is 25.9 Å². The fourth-order valence-corrected chi connectivity index (χ4v) is 2.93. The maximum atomic E-state index is 11.9. The van der Waals surface area contributed by atoms with Gasteiger partial charge in [0, 0.05) is 18.3 Å². The van der Waals surface area contributed by atoms with Gasteiger partial charge in [-0.05, 0) is 12.8 Å². The summed E-state index contributed by atoms with van der Waals surface area (Å²) in [5.41, 5.74) is 0.424. The first-order chi connectivity index (χ1) is 8.02. The van der Waals surface area contributed by atoms with Crippen LogP contribution in [0.25, 0.3) is 0 Å². The average Bonchev–Trinajstić information content (AvgIpc) is 2.59. The van der Waals surface area contributed by atoms with Crippen LogP contribution in [0.4, 0.5) is 5.69 Å². The van der Waals surface area contributed by atoms with Gasteiger partial charge in [0.1, 0.15) is 11.5 Å². The molecule has 0 radical (unpaired) electrons. The quantitative estimate of drug-likeness (QED) is 0.615. The summed E-state index contributed by atoms with van der Waals surface area (Å²) in [4.78, 5) is 21.5. The number of amides is 1. The zero-order valence-electron chi connectivity index (χ0n) is 9.08. The van der Waals surface area contributed by atoms with Crippen molar-refractivity contribution in [3.8, 4) is 0 Å². The summed E-state index contributed by atoms with van der Waals surface area (Å²) in [6, 6.07) is 0. The summed E-state index contributed by atoms with van der Waals surface area (Å²) in [6.07, 6.45) is 0.492. The Morgan fingerprint density at radius 3 is 2.47 bits per heavy atom. The predicted octanol–water partition coefficient (Wildman–Crippen LogP) is 2.84. The Hall–Kier alpha value is -0.390. The van der Waals surface area contributed by atoms with Crippen LogP contribution >= 0.6 is 39.1 Å². The molecule has 2 rings (SSSR count). The third-order valence-electron chi connectivity index (χ3n) is 2.60. The first kappa shape index (κ1) is 13.1. The van der Waals surface area contributed by atoms with Gasteiger partial charge in [0.15, 0.2) is 10.3 Å². The van der Waals surface area contributed by atoms with Crippen molar-refractivity contribution >= 4 is 50.7 Å². The largest absolute Gasteiger partial charge is 0.307 e. The molecule has 92 valence electrons. The van der Waals surface area contributed by atoms with E-state index in [-0.39, 0.29) is 22.1 Å². The third-order valence-corrected chi connectivity index (χ3v) is 4.05. The van der Waals surface area contributed by atoms with Gasteiger partial charge in [-0.2, -0.15) is 0 Å². The van der Waals surface area contributed by atoms with Crippen molar-refractivity contribution in [3.05, 3.63) is 16.1 Å². The lowest BCUT2D eigenvalue weighted by Crippen LogP contribution is -2.26. The number of carbonyl (C=O) groups is 1. The highest BCUT2D eigenvalue weighted by atomic mass is 79.9. The molecule has 1 unspecified atom stereocenters. The van der Waals surface area contributed by atoms with E-state index in [1.54, 1.807) is 11.8 Å². The summed E-state index contributed by atoms with van der Waals surface area (Å²) in [6.45, 7) is 2.30. The van der Waals surface area contributed by atoms with Crippen LogP contribution in [-0.2, 0) is 4.79 Å². The van der Waals surface area contributed by atoms with Crippen LogP contribution in [0.2, 0.25) is 10.3 Å². The number of rotatable bonds is 2. The van der Waals surface area contributed by atoms with Crippen molar-refractivity contribution in [2.24, 2.45) is 5.92 Å². The molecule has 17 heavy (non-hydrogen) atoms. The van der Waals surface area contributed by atoms with Crippen LogP contribution in [0.15, 0.2) is 0 Å². The first-order valence-electron chi connectivity index (χ1n) is 5.09. The monoisotopic (exact) mass is 337 g/mol. The summed E-state index contributed by atoms with van der Waals surface area (Å²) in [5, 5.41) is 1.23. The van der Waals surface area contributed by atoms with Gasteiger partial charge >= 0.3 is 0 Å². The molecule has 1 atom stereocenters. The van der Waals surface area contributed by atoms with Crippen LogP contribution in [0.1, 0.15) is 12.2 Å². The van der Waals surface area contributed by atoms with Crippen LogP contribution in [0, 0.1) is 12.8 Å². The highest BCUT2D eigenvalue weighted by molar-refractivity contribution is 9.09. The Morgan fingerprint density at radius 1 is 1.41 bits per heavy atom. The number of carbonyl (C=O) groups excluding carboxylic acids is 1. The molecule has 1 aromatic heterocycles. The number of alkyl halides is 1. The van der Waals surface area contributed by atoms with Gasteiger partial charge in [0.2, 0.25) is 5.91 Å². The molecular formula is C10H10BrCl2N3O. The molecule has 7 heteroatoms. The minimum atomic E-state index is 0.00528. The molecule has 2 heterocycles. The highest BCUT2D eigenvalue weighted by Crippen LogP contribution is 2.35. The van der Waals surface area contributed by atoms with E-state index < -0.39 is 0 Å². The van der Waals surface area contributed by atoms with E-state index >= 15 is 0 Å². The Labute approximate surface area is 117 Å². The van der Waals surface area contributed by atoms with Crippen molar-refractivity contribution in [1.29, 1.82) is 0 Å². The zero-order valence-corrected chi connectivity index (χ0v) is 12.2. The van der Waals surface area contributed by atoms with Crippen molar-refractivity contribution in [2.75, 3.05) is 16.8 Å². The van der Waals surface area contributed by atoms with Crippen molar-refractivity contribution in [1.82, 2.24) is 9.97 Å². The molecule has 4 nitrogen and oxygen atoms in total. The molecule has 0 saturated carbocycles. The number of hydrogen-bond donors (Lipinski definition) is 0. The summed E-state index contributed by atoms with van der Waals surface area (Å²) in [7, 11) is 0. The summed E-state index contributed by atoms with van der Waals surface area (Å²) >= 11 is 15.4. The molecule has 0 N–H and O–H groups in total. The smallest absolute Gasteiger partial charge is 0.227 e. The second-order valence-corrected chi connectivity index (χ2v) is 5.29. The molecule has 0 spiro atoms. The minimum Gasteiger partial charge on any atom is -0.307 e. The Morgan fingerprint density at radius 2 is 2.00 bits per heavy atom. The van der Waals surface area contributed by atoms with Crippen molar-refractivity contribution in [3.63, 3.8) is 0 Å². The molecule has 1 saturated heterocycles. The lowest BCUT2D eigenvalue weighted by Gasteiger charge is -2.18. The fraction of sp³-hybridized carbons (Fsp3) is 0.500. The molecule has 0 aliphatic carbocycles. The third kappa shape index (κ3) is 2.56. The lowest BCUT2D eigenvalue weighted by atomic mass is 10.2. The van der Waals surface area contributed by atoms with Gasteiger partial charge in [-0.15, -0.1) is 0 Å². The van der Waals surface area contributed by atoms with E-state index in [0.717, 1.165) is 5.33 Å². The van der Waals surface area contributed by atoms with Crippen LogP contribution < -0.4 is 4.90 Å². The van der Waals surface area contributed by atoms with E-state index in [0.29, 0.717) is 24.5 Å². The van der Waals surface area contributed by atoms with Gasteiger partial charge in [0.25, 0.3) is 0 Å². The van der Waals surface area contributed by atoms with Gasteiger partial charge in [0.05, 0.1) is 0 Å². The summed E-state index contributed by atoms with van der Waals surface area (Å²) < 4.78 is 0. The average molecular weight is 339 g/mol. The van der Waals surface area contributed by atoms with E-state index in [4.69, 9.17) is 23.2 Å². The SMILES string of the molecule is Cc1nc(Cl)c(N2CC(CBr)CC2=O)c(Cl)n1. The lowest BCUT2D eigenvalue weighted by molar-refractivity contribution is -0.117. The minimum absolute atomic E-state index is 0.00528. The maximum absolute atomic E-state index is 11.9. The standard InChI is InChI=1S/C10H10BrCl2N3O/c1-5-14-9(12)8(10(13)15-5)16-4-6(3-11)2-7(16)17/h6H,2-4H2,1H3. The van der Waals surface area contributed by atoms with Crippen LogP contribution in [-0.4, -0.2) is 27.7 Å². The molecule has 1 aromatic rings. The van der Waals surface area contributed by atoms with Crippen LogP contribution in [0.5, 0.6) is 0 Å². The highest BCUT2D eigenvalue weighted by Gasteiger charge is 2.33. The summed E-state index contributed by atoms with van der Waals surface area (Å²) in [5.74, 6) is 0.772. The second-order valence-electron chi connectivity index (χ2n) is 3.93. The van der Waals surface area contributed by atoms with Gasteiger partial charge in [-0.3, -0.25) is 4.79 Å². The Balaban J connectivity index is 2.38. The first-order valence-corrected chi connectivity index (χ1v) is 6.96. The number of aryl methyl sites for hydroxylation is 1. The normalized spacial score (nSPS) is 20.1. The molecule has 0 bridgehead atoms. The van der Waals surface area contributed by atoms with Gasteiger partial charge < -0.3 is 4.90 Å². The van der Waals surface area contributed by atoms with Gasteiger partial charge in [-0.25, -0.2) is 9.97 Å². The number of anilines is 1. The predicted molar refractivity (Wildman–Crippen MR) is 71.0 cm³/mol.